The Labute approximate surface area is 228 Å². The highest BCUT2D eigenvalue weighted by atomic mass is 32.1. The lowest BCUT2D eigenvalue weighted by Crippen LogP contribution is -2.46. The van der Waals surface area contributed by atoms with Gasteiger partial charge in [0.05, 0.1) is 20.8 Å². The van der Waals surface area contributed by atoms with Crippen LogP contribution in [0.3, 0.4) is 0 Å². The molecule has 1 aromatic heterocycles. The summed E-state index contributed by atoms with van der Waals surface area (Å²) >= 11 is 1.61. The van der Waals surface area contributed by atoms with Crippen LogP contribution in [0, 0.1) is 18.7 Å². The summed E-state index contributed by atoms with van der Waals surface area (Å²) in [6, 6.07) is 13.0. The molecule has 38 heavy (non-hydrogen) atoms. The number of hydrogen-bond donors (Lipinski definition) is 1. The Morgan fingerprint density at radius 3 is 2.42 bits per heavy atom. The number of rotatable bonds is 12. The van der Waals surface area contributed by atoms with E-state index in [0.717, 1.165) is 16.0 Å². The molecule has 0 bridgehead atoms. The smallest absolute Gasteiger partial charge is 0.322 e. The number of nitrogens with one attached hydrogen (secondary N) is 1. The number of anilines is 1. The van der Waals surface area contributed by atoms with Gasteiger partial charge in [-0.15, -0.1) is 11.3 Å². The maximum atomic E-state index is 13.6. The third kappa shape index (κ3) is 8.21. The van der Waals surface area contributed by atoms with E-state index in [1.165, 1.54) is 23.1 Å². The van der Waals surface area contributed by atoms with Gasteiger partial charge in [0.25, 0.3) is 0 Å². The van der Waals surface area contributed by atoms with Gasteiger partial charge in [0.2, 0.25) is 5.91 Å². The van der Waals surface area contributed by atoms with Gasteiger partial charge >= 0.3 is 6.03 Å². The zero-order valence-electron chi connectivity index (χ0n) is 22.6. The van der Waals surface area contributed by atoms with Crippen LogP contribution in [0.2, 0.25) is 0 Å². The van der Waals surface area contributed by atoms with E-state index in [4.69, 9.17) is 9.47 Å². The number of methoxy groups -OCH3 is 2. The molecule has 0 unspecified atom stereocenters. The number of amides is 3. The van der Waals surface area contributed by atoms with Crippen molar-refractivity contribution in [1.29, 1.82) is 0 Å². The zero-order valence-corrected chi connectivity index (χ0v) is 23.4. The highest BCUT2D eigenvalue weighted by Gasteiger charge is 2.23. The molecule has 0 aliphatic carbocycles. The van der Waals surface area contributed by atoms with Gasteiger partial charge in [0, 0.05) is 23.7 Å². The first kappa shape index (κ1) is 29.0. The molecule has 0 saturated heterocycles. The zero-order chi connectivity index (χ0) is 27.7. The molecule has 1 N–H and O–H groups in total. The van der Waals surface area contributed by atoms with Crippen LogP contribution in [-0.4, -0.2) is 55.6 Å². The molecule has 0 atom stereocenters. The van der Waals surface area contributed by atoms with Crippen molar-refractivity contribution in [2.45, 2.75) is 33.7 Å². The number of aryl methyl sites for hydroxylation is 1. The Bertz CT molecular complexity index is 1230. The van der Waals surface area contributed by atoms with E-state index in [0.29, 0.717) is 43.2 Å². The van der Waals surface area contributed by atoms with E-state index in [1.54, 1.807) is 36.5 Å². The maximum absolute atomic E-state index is 13.6. The number of benzene rings is 2. The van der Waals surface area contributed by atoms with Gasteiger partial charge in [0.15, 0.2) is 11.5 Å². The minimum Gasteiger partial charge on any atom is -0.493 e. The molecule has 0 spiro atoms. The van der Waals surface area contributed by atoms with Gasteiger partial charge in [-0.25, -0.2) is 9.18 Å². The van der Waals surface area contributed by atoms with Crippen molar-refractivity contribution in [1.82, 2.24) is 9.80 Å². The summed E-state index contributed by atoms with van der Waals surface area (Å²) in [6.07, 6.45) is 0.607. The fraction of sp³-hybridized carbons (Fsp3) is 0.379. The van der Waals surface area contributed by atoms with Crippen LogP contribution < -0.4 is 14.8 Å². The van der Waals surface area contributed by atoms with Crippen molar-refractivity contribution in [2.24, 2.45) is 5.92 Å². The molecule has 3 amide bonds. The first-order valence-electron chi connectivity index (χ1n) is 12.5. The van der Waals surface area contributed by atoms with Gasteiger partial charge in [-0.3, -0.25) is 4.79 Å². The number of nitrogens with zero attached hydrogens (tertiary/aromatic N) is 2. The predicted molar refractivity (Wildman–Crippen MR) is 150 cm³/mol. The van der Waals surface area contributed by atoms with Crippen molar-refractivity contribution >= 4 is 29.0 Å². The third-order valence-electron chi connectivity index (χ3n) is 6.05. The highest BCUT2D eigenvalue weighted by Crippen LogP contribution is 2.28. The van der Waals surface area contributed by atoms with Gasteiger partial charge in [-0.05, 0) is 72.2 Å². The lowest BCUT2D eigenvalue weighted by molar-refractivity contribution is -0.132. The van der Waals surface area contributed by atoms with E-state index >= 15 is 0 Å². The molecule has 0 aliphatic rings. The average Bonchev–Trinajstić information content (AvgIpc) is 3.29. The van der Waals surface area contributed by atoms with Gasteiger partial charge in [-0.1, -0.05) is 26.0 Å². The Morgan fingerprint density at radius 2 is 1.79 bits per heavy atom. The first-order valence-corrected chi connectivity index (χ1v) is 13.4. The molecule has 2 aromatic carbocycles. The molecular formula is C29H36FN3O4S. The van der Waals surface area contributed by atoms with Crippen molar-refractivity contribution in [3.63, 3.8) is 0 Å². The van der Waals surface area contributed by atoms with Gasteiger partial charge in [-0.2, -0.15) is 0 Å². The first-order chi connectivity index (χ1) is 18.2. The summed E-state index contributed by atoms with van der Waals surface area (Å²) in [5.74, 6) is 0.817. The Kier molecular flexibility index (Phi) is 10.5. The molecule has 3 aromatic rings. The molecule has 204 valence electrons. The Balaban J connectivity index is 1.77. The number of thiophene rings is 1. The summed E-state index contributed by atoms with van der Waals surface area (Å²) in [5.41, 5.74) is 2.48. The van der Waals surface area contributed by atoms with Crippen molar-refractivity contribution < 1.29 is 23.5 Å². The summed E-state index contributed by atoms with van der Waals surface area (Å²) < 4.78 is 24.4. The normalized spacial score (nSPS) is 10.8. The van der Waals surface area contributed by atoms with Crippen molar-refractivity contribution in [3.05, 3.63) is 75.7 Å². The SMILES string of the molecule is COc1ccc(CCN(Cc2sccc2C)C(=O)CN(CC(C)C)C(=O)Nc2cccc(F)c2)cc1OC. The number of urea groups is 1. The molecule has 0 radical (unpaired) electrons. The Hall–Kier alpha value is -3.59. The lowest BCUT2D eigenvalue weighted by atomic mass is 10.1. The van der Waals surface area contributed by atoms with E-state index in [-0.39, 0.29) is 18.4 Å². The van der Waals surface area contributed by atoms with Crippen LogP contribution in [0.5, 0.6) is 11.5 Å². The molecule has 3 rings (SSSR count). The lowest BCUT2D eigenvalue weighted by Gasteiger charge is -2.29. The van der Waals surface area contributed by atoms with Crippen LogP contribution in [0.1, 0.15) is 29.9 Å². The molecule has 0 saturated carbocycles. The molecule has 1 heterocycles. The number of carbonyl (C=O) groups is 2. The number of halogens is 1. The number of ether oxygens (including phenoxy) is 2. The van der Waals surface area contributed by atoms with Crippen molar-refractivity contribution in [3.8, 4) is 11.5 Å². The third-order valence-corrected chi connectivity index (χ3v) is 7.06. The fourth-order valence-corrected chi connectivity index (χ4v) is 4.94. The summed E-state index contributed by atoms with van der Waals surface area (Å²) in [6.45, 7) is 7.21. The van der Waals surface area contributed by atoms with E-state index in [1.807, 2.05) is 50.4 Å². The van der Waals surface area contributed by atoms with Crippen LogP contribution in [0.4, 0.5) is 14.9 Å². The second-order valence-electron chi connectivity index (χ2n) is 9.50. The fourth-order valence-electron chi connectivity index (χ4n) is 4.02. The summed E-state index contributed by atoms with van der Waals surface area (Å²) in [7, 11) is 3.18. The standard InChI is InChI=1S/C29H36FN3O4S/c1-20(2)17-33(29(35)31-24-8-6-7-23(30)16-24)19-28(34)32(18-27-21(3)12-14-38-27)13-11-22-9-10-25(36-4)26(15-22)37-5/h6-10,12,14-16,20H,11,13,17-19H2,1-5H3,(H,31,35). The molecule has 7 nitrogen and oxygen atoms in total. The van der Waals surface area contributed by atoms with E-state index < -0.39 is 11.8 Å². The molecule has 9 heteroatoms. The maximum Gasteiger partial charge on any atom is 0.322 e. The number of carbonyl (C=O) groups excluding carboxylic acids is 2. The molecular weight excluding hydrogens is 505 g/mol. The highest BCUT2D eigenvalue weighted by molar-refractivity contribution is 7.10. The van der Waals surface area contributed by atoms with E-state index in [9.17, 15) is 14.0 Å². The summed E-state index contributed by atoms with van der Waals surface area (Å²) in [4.78, 5) is 31.1. The van der Waals surface area contributed by atoms with Crippen LogP contribution in [-0.2, 0) is 17.8 Å². The van der Waals surface area contributed by atoms with Crippen LogP contribution in [0.15, 0.2) is 53.9 Å². The van der Waals surface area contributed by atoms with Crippen LogP contribution >= 0.6 is 11.3 Å². The van der Waals surface area contributed by atoms with E-state index in [2.05, 4.69) is 5.32 Å². The number of hydrogen-bond acceptors (Lipinski definition) is 5. The summed E-state index contributed by atoms with van der Waals surface area (Å²) in [5, 5.41) is 4.73. The Morgan fingerprint density at radius 1 is 1.03 bits per heavy atom. The second kappa shape index (κ2) is 13.8. The van der Waals surface area contributed by atoms with Gasteiger partial charge in [0.1, 0.15) is 12.4 Å². The molecule has 0 fully saturated rings. The van der Waals surface area contributed by atoms with Gasteiger partial charge < -0.3 is 24.6 Å². The van der Waals surface area contributed by atoms with Crippen molar-refractivity contribution in [2.75, 3.05) is 39.2 Å². The topological polar surface area (TPSA) is 71.1 Å². The minimum absolute atomic E-state index is 0.0876. The average molecular weight is 542 g/mol. The predicted octanol–water partition coefficient (Wildman–Crippen LogP) is 5.97. The molecule has 0 aliphatic heterocycles. The van der Waals surface area contributed by atoms with Crippen LogP contribution in [0.25, 0.3) is 0 Å². The largest absolute Gasteiger partial charge is 0.493 e. The quantitative estimate of drug-likeness (QED) is 0.307. The minimum atomic E-state index is -0.443. The monoisotopic (exact) mass is 541 g/mol. The second-order valence-corrected chi connectivity index (χ2v) is 10.5.